The molecule has 0 spiro atoms. The predicted molar refractivity (Wildman–Crippen MR) is 101 cm³/mol. The number of nitrogens with zero attached hydrogens (tertiary/aromatic N) is 3. The molecule has 0 radical (unpaired) electrons. The SMILES string of the molecule is CCCCC(N=C1NS(=O)(=O)c2ccccc21)C(=O)N1CCN(C)CC1. The van der Waals surface area contributed by atoms with E-state index in [0.29, 0.717) is 25.1 Å². The molecule has 1 aromatic rings. The molecule has 1 atom stereocenters. The Morgan fingerprint density at radius 3 is 2.62 bits per heavy atom. The van der Waals surface area contributed by atoms with Gasteiger partial charge in [0.05, 0.1) is 4.90 Å². The smallest absolute Gasteiger partial charge is 0.263 e. The standard InChI is InChI=1S/C18H26N4O3S/c1-3-4-8-15(18(23)22-12-10-21(2)11-13-22)19-17-14-7-5-6-9-16(14)26(24,25)20-17/h5-7,9,15H,3-4,8,10-13H2,1-2H3,(H,19,20). The van der Waals surface area contributed by atoms with Gasteiger partial charge in [-0.15, -0.1) is 0 Å². The van der Waals surface area contributed by atoms with Crippen LogP contribution < -0.4 is 4.72 Å². The van der Waals surface area contributed by atoms with E-state index in [4.69, 9.17) is 0 Å². The van der Waals surface area contributed by atoms with E-state index < -0.39 is 16.1 Å². The zero-order chi connectivity index (χ0) is 18.7. The van der Waals surface area contributed by atoms with E-state index in [1.807, 2.05) is 11.9 Å². The molecule has 2 aliphatic heterocycles. The minimum atomic E-state index is -3.59. The lowest BCUT2D eigenvalue weighted by Gasteiger charge is -2.34. The van der Waals surface area contributed by atoms with Crippen molar-refractivity contribution in [3.63, 3.8) is 0 Å². The number of unbranched alkanes of at least 4 members (excludes halogenated alkanes) is 1. The van der Waals surface area contributed by atoms with Crippen molar-refractivity contribution in [1.82, 2.24) is 14.5 Å². The average Bonchev–Trinajstić information content (AvgIpc) is 2.89. The number of piperazine rings is 1. The van der Waals surface area contributed by atoms with Gasteiger partial charge < -0.3 is 9.80 Å². The molecule has 8 heteroatoms. The van der Waals surface area contributed by atoms with E-state index in [1.165, 1.54) is 0 Å². The van der Waals surface area contributed by atoms with Crippen LogP contribution >= 0.6 is 0 Å². The zero-order valence-corrected chi connectivity index (χ0v) is 16.1. The van der Waals surface area contributed by atoms with Gasteiger partial charge in [-0.1, -0.05) is 31.9 Å². The Morgan fingerprint density at radius 2 is 1.92 bits per heavy atom. The van der Waals surface area contributed by atoms with Crippen molar-refractivity contribution in [2.24, 2.45) is 4.99 Å². The molecule has 0 saturated carbocycles. The van der Waals surface area contributed by atoms with Gasteiger partial charge in [-0.3, -0.25) is 14.5 Å². The van der Waals surface area contributed by atoms with Crippen molar-refractivity contribution in [2.75, 3.05) is 33.2 Å². The van der Waals surface area contributed by atoms with Crippen molar-refractivity contribution in [1.29, 1.82) is 0 Å². The summed E-state index contributed by atoms with van der Waals surface area (Å²) in [4.78, 5) is 21.8. The van der Waals surface area contributed by atoms with Gasteiger partial charge in [-0.25, -0.2) is 8.42 Å². The van der Waals surface area contributed by atoms with Crippen LogP contribution in [0.5, 0.6) is 0 Å². The Hall–Kier alpha value is -1.93. The highest BCUT2D eigenvalue weighted by Crippen LogP contribution is 2.23. The molecule has 1 unspecified atom stereocenters. The van der Waals surface area contributed by atoms with Crippen LogP contribution in [0.2, 0.25) is 0 Å². The molecule has 1 saturated heterocycles. The Bertz CT molecular complexity index is 798. The summed E-state index contributed by atoms with van der Waals surface area (Å²) in [7, 11) is -1.55. The highest BCUT2D eigenvalue weighted by Gasteiger charge is 2.33. The number of nitrogens with one attached hydrogen (secondary N) is 1. The number of sulfonamides is 1. The first-order valence-corrected chi connectivity index (χ1v) is 10.6. The summed E-state index contributed by atoms with van der Waals surface area (Å²) in [6.07, 6.45) is 2.45. The maximum absolute atomic E-state index is 13.0. The molecule has 0 bridgehead atoms. The van der Waals surface area contributed by atoms with Crippen LogP contribution in [-0.2, 0) is 14.8 Å². The van der Waals surface area contributed by atoms with Crippen LogP contribution in [0.4, 0.5) is 0 Å². The number of benzene rings is 1. The highest BCUT2D eigenvalue weighted by molar-refractivity contribution is 7.90. The van der Waals surface area contributed by atoms with E-state index >= 15 is 0 Å². The van der Waals surface area contributed by atoms with Gasteiger partial charge in [-0.05, 0) is 25.6 Å². The number of likely N-dealkylation sites (N-methyl/N-ethyl adjacent to an activating group) is 1. The van der Waals surface area contributed by atoms with E-state index in [1.54, 1.807) is 24.3 Å². The van der Waals surface area contributed by atoms with E-state index in [9.17, 15) is 13.2 Å². The summed E-state index contributed by atoms with van der Waals surface area (Å²) in [5, 5.41) is 0. The fourth-order valence-corrected chi connectivity index (χ4v) is 4.50. The van der Waals surface area contributed by atoms with Gasteiger partial charge in [0.2, 0.25) is 5.91 Å². The van der Waals surface area contributed by atoms with Crippen molar-refractivity contribution in [3.8, 4) is 0 Å². The molecule has 0 aliphatic carbocycles. The molecule has 0 aromatic heterocycles. The third-order valence-electron chi connectivity index (χ3n) is 4.88. The fourth-order valence-electron chi connectivity index (χ4n) is 3.26. The Morgan fingerprint density at radius 1 is 1.23 bits per heavy atom. The van der Waals surface area contributed by atoms with Gasteiger partial charge >= 0.3 is 0 Å². The second-order valence-electron chi connectivity index (χ2n) is 6.87. The van der Waals surface area contributed by atoms with Crippen molar-refractivity contribution in [2.45, 2.75) is 37.1 Å². The van der Waals surface area contributed by atoms with Crippen LogP contribution in [-0.4, -0.2) is 69.2 Å². The third kappa shape index (κ3) is 3.91. The van der Waals surface area contributed by atoms with Crippen molar-refractivity contribution >= 4 is 21.8 Å². The molecule has 142 valence electrons. The second kappa shape index (κ2) is 7.75. The van der Waals surface area contributed by atoms with Gasteiger partial charge in [-0.2, -0.15) is 0 Å². The number of rotatable bonds is 5. The predicted octanol–water partition coefficient (Wildman–Crippen LogP) is 1.06. The van der Waals surface area contributed by atoms with Gasteiger partial charge in [0.1, 0.15) is 11.9 Å². The summed E-state index contributed by atoms with van der Waals surface area (Å²) in [5.41, 5.74) is 0.542. The summed E-state index contributed by atoms with van der Waals surface area (Å²) in [6, 6.07) is 6.19. The minimum Gasteiger partial charge on any atom is -0.338 e. The average molecular weight is 378 g/mol. The number of hydrogen-bond acceptors (Lipinski definition) is 5. The highest BCUT2D eigenvalue weighted by atomic mass is 32.2. The van der Waals surface area contributed by atoms with E-state index in [0.717, 1.165) is 25.9 Å². The summed E-state index contributed by atoms with van der Waals surface area (Å²) >= 11 is 0. The Labute approximate surface area is 155 Å². The third-order valence-corrected chi connectivity index (χ3v) is 6.28. The van der Waals surface area contributed by atoms with Gasteiger partial charge in [0, 0.05) is 31.7 Å². The van der Waals surface area contributed by atoms with Crippen molar-refractivity contribution < 1.29 is 13.2 Å². The molecule has 26 heavy (non-hydrogen) atoms. The lowest BCUT2D eigenvalue weighted by Crippen LogP contribution is -2.50. The number of carbonyl (C=O) groups is 1. The number of fused-ring (bicyclic) bond motifs is 1. The first-order valence-electron chi connectivity index (χ1n) is 9.09. The first-order chi connectivity index (χ1) is 12.4. The van der Waals surface area contributed by atoms with Crippen LogP contribution in [0.25, 0.3) is 0 Å². The first kappa shape index (κ1) is 18.8. The van der Waals surface area contributed by atoms with Crippen LogP contribution in [0.3, 0.4) is 0 Å². The number of aliphatic imine (C=N–C) groups is 1. The minimum absolute atomic E-state index is 0.0115. The Kier molecular flexibility index (Phi) is 5.62. The maximum Gasteiger partial charge on any atom is 0.263 e. The number of amidine groups is 1. The largest absolute Gasteiger partial charge is 0.338 e. The monoisotopic (exact) mass is 378 g/mol. The molecular formula is C18H26N4O3S. The topological polar surface area (TPSA) is 82.1 Å². The molecule has 7 nitrogen and oxygen atoms in total. The number of amides is 1. The molecule has 1 amide bonds. The van der Waals surface area contributed by atoms with Crippen LogP contribution in [0.15, 0.2) is 34.2 Å². The Balaban J connectivity index is 1.87. The second-order valence-corrected chi connectivity index (χ2v) is 8.52. The molecule has 3 rings (SSSR count). The lowest BCUT2D eigenvalue weighted by molar-refractivity contribution is -0.134. The van der Waals surface area contributed by atoms with Gasteiger partial charge in [0.15, 0.2) is 0 Å². The molecule has 2 aliphatic rings. The van der Waals surface area contributed by atoms with E-state index in [2.05, 4.69) is 21.5 Å². The zero-order valence-electron chi connectivity index (χ0n) is 15.3. The van der Waals surface area contributed by atoms with Crippen molar-refractivity contribution in [3.05, 3.63) is 29.8 Å². The normalized spacial score (nSPS) is 22.1. The molecule has 1 aromatic carbocycles. The quantitative estimate of drug-likeness (QED) is 0.831. The van der Waals surface area contributed by atoms with Gasteiger partial charge in [0.25, 0.3) is 10.0 Å². The number of carbonyl (C=O) groups excluding carboxylic acids is 1. The summed E-state index contributed by atoms with van der Waals surface area (Å²) in [6.45, 7) is 5.13. The maximum atomic E-state index is 13.0. The lowest BCUT2D eigenvalue weighted by atomic mass is 10.1. The molecular weight excluding hydrogens is 352 g/mol. The fraction of sp³-hybridized carbons (Fsp3) is 0.556. The van der Waals surface area contributed by atoms with E-state index in [-0.39, 0.29) is 16.6 Å². The molecule has 1 fully saturated rings. The summed E-state index contributed by atoms with van der Waals surface area (Å²) in [5.74, 6) is 0.270. The summed E-state index contributed by atoms with van der Waals surface area (Å²) < 4.78 is 27.1. The number of hydrogen-bond donors (Lipinski definition) is 1. The molecule has 2 heterocycles. The van der Waals surface area contributed by atoms with Crippen LogP contribution in [0.1, 0.15) is 31.7 Å². The van der Waals surface area contributed by atoms with Crippen LogP contribution in [0, 0.1) is 0 Å². The molecule has 1 N–H and O–H groups in total.